The Morgan fingerprint density at radius 2 is 1.89 bits per heavy atom. The highest BCUT2D eigenvalue weighted by atomic mass is 19.3. The molecule has 9 heteroatoms. The average molecular weight is 377 g/mol. The van der Waals surface area contributed by atoms with Gasteiger partial charge in [-0.2, -0.15) is 13.9 Å². The third kappa shape index (κ3) is 3.57. The zero-order valence-electron chi connectivity index (χ0n) is 15.0. The van der Waals surface area contributed by atoms with Crippen LogP contribution >= 0.6 is 0 Å². The fraction of sp³-hybridized carbons (Fsp3) is 0.278. The van der Waals surface area contributed by atoms with E-state index in [1.807, 2.05) is 0 Å². The van der Waals surface area contributed by atoms with Gasteiger partial charge in [0.15, 0.2) is 0 Å². The van der Waals surface area contributed by atoms with Gasteiger partial charge in [-0.15, -0.1) is 0 Å². The Labute approximate surface area is 153 Å². The molecule has 6 nitrogen and oxygen atoms in total. The van der Waals surface area contributed by atoms with E-state index in [1.54, 1.807) is 30.7 Å². The molecule has 2 aromatic heterocycles. The SMILES string of the molecule is Cc1nn(-c2ccc(F)cc2)c(C)c1C(=O)N(C)Cc1nccn1C(F)F. The second-order valence-corrected chi connectivity index (χ2v) is 6.12. The van der Waals surface area contributed by atoms with Crippen molar-refractivity contribution in [1.29, 1.82) is 0 Å². The van der Waals surface area contributed by atoms with Crippen molar-refractivity contribution in [1.82, 2.24) is 24.2 Å². The van der Waals surface area contributed by atoms with Gasteiger partial charge < -0.3 is 4.90 Å². The number of imidazole rings is 1. The number of carbonyl (C=O) groups is 1. The molecule has 3 aromatic rings. The van der Waals surface area contributed by atoms with E-state index in [0.717, 1.165) is 0 Å². The van der Waals surface area contributed by atoms with Crippen LogP contribution in [0.15, 0.2) is 36.7 Å². The first-order valence-electron chi connectivity index (χ1n) is 8.17. The minimum Gasteiger partial charge on any atom is -0.334 e. The minimum atomic E-state index is -2.73. The second kappa shape index (κ2) is 7.26. The van der Waals surface area contributed by atoms with Crippen molar-refractivity contribution in [3.05, 3.63) is 65.3 Å². The number of amides is 1. The highest BCUT2D eigenvalue weighted by Crippen LogP contribution is 2.21. The number of aromatic nitrogens is 4. The van der Waals surface area contributed by atoms with E-state index in [2.05, 4.69) is 10.1 Å². The average Bonchev–Trinajstić information content (AvgIpc) is 3.19. The van der Waals surface area contributed by atoms with Crippen LogP contribution in [-0.2, 0) is 6.54 Å². The van der Waals surface area contributed by atoms with Gasteiger partial charge in [0.05, 0.1) is 29.2 Å². The van der Waals surface area contributed by atoms with E-state index in [1.165, 1.54) is 36.5 Å². The van der Waals surface area contributed by atoms with Crippen molar-refractivity contribution in [2.45, 2.75) is 26.9 Å². The molecule has 0 bridgehead atoms. The lowest BCUT2D eigenvalue weighted by atomic mass is 10.1. The standard InChI is InChI=1S/C18H18F3N5O/c1-11-16(12(2)26(23-11)14-6-4-13(19)5-7-14)17(27)24(3)10-15-22-8-9-25(15)18(20)21/h4-9,18H,10H2,1-3H3. The molecule has 27 heavy (non-hydrogen) atoms. The Balaban J connectivity index is 1.88. The van der Waals surface area contributed by atoms with Gasteiger partial charge in [0.2, 0.25) is 0 Å². The molecule has 0 spiro atoms. The summed E-state index contributed by atoms with van der Waals surface area (Å²) in [4.78, 5) is 18.1. The fourth-order valence-corrected chi connectivity index (χ4v) is 2.90. The van der Waals surface area contributed by atoms with Crippen LogP contribution in [0.4, 0.5) is 13.2 Å². The van der Waals surface area contributed by atoms with Crippen LogP contribution in [0.25, 0.3) is 5.69 Å². The normalized spacial score (nSPS) is 11.2. The molecule has 0 N–H and O–H groups in total. The van der Waals surface area contributed by atoms with E-state index in [-0.39, 0.29) is 24.1 Å². The fourth-order valence-electron chi connectivity index (χ4n) is 2.90. The first-order valence-corrected chi connectivity index (χ1v) is 8.17. The molecule has 142 valence electrons. The van der Waals surface area contributed by atoms with E-state index in [9.17, 15) is 18.0 Å². The summed E-state index contributed by atoms with van der Waals surface area (Å²) in [5, 5.41) is 4.36. The first kappa shape index (κ1) is 18.7. The van der Waals surface area contributed by atoms with Gasteiger partial charge in [0.25, 0.3) is 5.91 Å². The molecule has 0 saturated heterocycles. The largest absolute Gasteiger partial charge is 0.334 e. The number of benzene rings is 1. The Morgan fingerprint density at radius 3 is 2.52 bits per heavy atom. The zero-order chi connectivity index (χ0) is 19.7. The maximum atomic E-state index is 13.1. The lowest BCUT2D eigenvalue weighted by Crippen LogP contribution is -2.28. The van der Waals surface area contributed by atoms with E-state index in [0.29, 0.717) is 27.2 Å². The van der Waals surface area contributed by atoms with Crippen LogP contribution < -0.4 is 0 Å². The highest BCUT2D eigenvalue weighted by molar-refractivity contribution is 5.96. The molecule has 2 heterocycles. The van der Waals surface area contributed by atoms with Gasteiger partial charge >= 0.3 is 6.55 Å². The number of alkyl halides is 2. The van der Waals surface area contributed by atoms with Crippen LogP contribution in [-0.4, -0.2) is 37.2 Å². The van der Waals surface area contributed by atoms with Crippen molar-refractivity contribution in [3.63, 3.8) is 0 Å². The molecule has 0 fully saturated rings. The molecule has 0 atom stereocenters. The van der Waals surface area contributed by atoms with Crippen molar-refractivity contribution >= 4 is 5.91 Å². The summed E-state index contributed by atoms with van der Waals surface area (Å²) in [5.41, 5.74) is 2.06. The summed E-state index contributed by atoms with van der Waals surface area (Å²) in [6.07, 6.45) is 2.43. The number of halogens is 3. The van der Waals surface area contributed by atoms with Gasteiger partial charge in [-0.3, -0.25) is 9.36 Å². The van der Waals surface area contributed by atoms with Crippen molar-refractivity contribution in [3.8, 4) is 5.69 Å². The Hall–Kier alpha value is -3.10. The first-order chi connectivity index (χ1) is 12.8. The van der Waals surface area contributed by atoms with Gasteiger partial charge in [-0.05, 0) is 38.1 Å². The molecule has 0 radical (unpaired) electrons. The van der Waals surface area contributed by atoms with Crippen LogP contribution in [0.1, 0.15) is 34.1 Å². The number of rotatable bonds is 5. The van der Waals surface area contributed by atoms with Gasteiger partial charge in [-0.25, -0.2) is 14.1 Å². The van der Waals surface area contributed by atoms with Gasteiger partial charge in [0, 0.05) is 19.4 Å². The number of aryl methyl sites for hydroxylation is 1. The summed E-state index contributed by atoms with van der Waals surface area (Å²) in [5.74, 6) is -0.643. The quantitative estimate of drug-likeness (QED) is 0.684. The number of carbonyl (C=O) groups excluding carboxylic acids is 1. The van der Waals surface area contributed by atoms with Gasteiger partial charge in [-0.1, -0.05) is 0 Å². The maximum Gasteiger partial charge on any atom is 0.319 e. The predicted octanol–water partition coefficient (Wildman–Crippen LogP) is 3.49. The predicted molar refractivity (Wildman–Crippen MR) is 92.3 cm³/mol. The van der Waals surface area contributed by atoms with Crippen LogP contribution in [0.5, 0.6) is 0 Å². The molecule has 1 amide bonds. The Morgan fingerprint density at radius 1 is 1.22 bits per heavy atom. The molecular weight excluding hydrogens is 359 g/mol. The van der Waals surface area contributed by atoms with Crippen molar-refractivity contribution in [2.24, 2.45) is 0 Å². The topological polar surface area (TPSA) is 56.0 Å². The number of hydrogen-bond donors (Lipinski definition) is 0. The van der Waals surface area contributed by atoms with Crippen LogP contribution in [0, 0.1) is 19.7 Å². The summed E-state index contributed by atoms with van der Waals surface area (Å²) in [6, 6.07) is 5.74. The summed E-state index contributed by atoms with van der Waals surface area (Å²) in [7, 11) is 1.51. The lowest BCUT2D eigenvalue weighted by Gasteiger charge is -2.18. The van der Waals surface area contributed by atoms with E-state index in [4.69, 9.17) is 0 Å². The van der Waals surface area contributed by atoms with Crippen LogP contribution in [0.2, 0.25) is 0 Å². The number of nitrogens with zero attached hydrogens (tertiary/aromatic N) is 5. The van der Waals surface area contributed by atoms with Crippen molar-refractivity contribution < 1.29 is 18.0 Å². The summed E-state index contributed by atoms with van der Waals surface area (Å²) < 4.78 is 41.3. The minimum absolute atomic E-state index is 0.0726. The zero-order valence-corrected chi connectivity index (χ0v) is 15.0. The molecule has 0 aliphatic carbocycles. The summed E-state index contributed by atoms with van der Waals surface area (Å²) >= 11 is 0. The van der Waals surface area contributed by atoms with E-state index < -0.39 is 6.55 Å². The molecule has 0 unspecified atom stereocenters. The third-order valence-electron chi connectivity index (χ3n) is 4.26. The maximum absolute atomic E-state index is 13.1. The van der Waals surface area contributed by atoms with E-state index >= 15 is 0 Å². The monoisotopic (exact) mass is 377 g/mol. The smallest absolute Gasteiger partial charge is 0.319 e. The summed E-state index contributed by atoms with van der Waals surface area (Å²) in [6.45, 7) is 0.617. The lowest BCUT2D eigenvalue weighted by molar-refractivity contribution is 0.0612. The second-order valence-electron chi connectivity index (χ2n) is 6.12. The molecule has 0 aliphatic heterocycles. The Bertz CT molecular complexity index is 962. The van der Waals surface area contributed by atoms with Gasteiger partial charge in [0.1, 0.15) is 11.6 Å². The Kier molecular flexibility index (Phi) is 5.02. The van der Waals surface area contributed by atoms with Crippen LogP contribution in [0.3, 0.4) is 0 Å². The highest BCUT2D eigenvalue weighted by Gasteiger charge is 2.24. The van der Waals surface area contributed by atoms with Crippen molar-refractivity contribution in [2.75, 3.05) is 7.05 Å². The molecule has 3 rings (SSSR count). The third-order valence-corrected chi connectivity index (χ3v) is 4.26. The molecule has 1 aromatic carbocycles. The molecule has 0 saturated carbocycles. The molecular formula is C18H18F3N5O. The molecule has 0 aliphatic rings. The number of hydrogen-bond acceptors (Lipinski definition) is 3.